The molecular formula is C22H18BrClN4O3. The molecule has 1 aliphatic carbocycles. The highest BCUT2D eigenvalue weighted by Gasteiger charge is 2.28. The number of hydrogen-bond donors (Lipinski definition) is 2. The molecule has 4 rings (SSSR count). The van der Waals surface area contributed by atoms with Crippen LogP contribution in [0.15, 0.2) is 56.7 Å². The number of halogens is 2. The van der Waals surface area contributed by atoms with Gasteiger partial charge in [0.05, 0.1) is 11.3 Å². The van der Waals surface area contributed by atoms with Gasteiger partial charge in [-0.1, -0.05) is 17.7 Å². The van der Waals surface area contributed by atoms with Gasteiger partial charge in [-0.2, -0.15) is 5.10 Å². The number of carbonyl (C=O) groups is 2. The van der Waals surface area contributed by atoms with Crippen molar-refractivity contribution in [3.8, 4) is 0 Å². The predicted octanol–water partition coefficient (Wildman–Crippen LogP) is 5.12. The Labute approximate surface area is 192 Å². The largest absolute Gasteiger partial charge is 0.455 e. The van der Waals surface area contributed by atoms with E-state index in [-0.39, 0.29) is 17.6 Å². The van der Waals surface area contributed by atoms with E-state index in [1.807, 2.05) is 6.92 Å². The number of benzene rings is 1. The van der Waals surface area contributed by atoms with Crippen molar-refractivity contribution >= 4 is 50.7 Å². The molecule has 0 bridgehead atoms. The summed E-state index contributed by atoms with van der Waals surface area (Å²) < 4.78 is 6.59. The van der Waals surface area contributed by atoms with Crippen LogP contribution in [0, 0.1) is 6.92 Å². The van der Waals surface area contributed by atoms with Gasteiger partial charge >= 0.3 is 0 Å². The van der Waals surface area contributed by atoms with Crippen molar-refractivity contribution in [2.24, 2.45) is 5.10 Å². The number of carbonyl (C=O) groups excluding carboxylic acids is 2. The summed E-state index contributed by atoms with van der Waals surface area (Å²) in [7, 11) is 0. The maximum absolute atomic E-state index is 12.8. The van der Waals surface area contributed by atoms with Crippen LogP contribution in [0.1, 0.15) is 50.6 Å². The lowest BCUT2D eigenvalue weighted by Gasteiger charge is -2.13. The summed E-state index contributed by atoms with van der Waals surface area (Å²) in [5, 5.41) is 7.65. The Kier molecular flexibility index (Phi) is 6.20. The molecule has 31 heavy (non-hydrogen) atoms. The Morgan fingerprint density at radius 2 is 2.03 bits per heavy atom. The van der Waals surface area contributed by atoms with E-state index < -0.39 is 0 Å². The highest BCUT2D eigenvalue weighted by Crippen LogP contribution is 2.30. The zero-order valence-corrected chi connectivity index (χ0v) is 18.9. The maximum Gasteiger partial charge on any atom is 0.291 e. The lowest BCUT2D eigenvalue weighted by Crippen LogP contribution is -2.22. The molecule has 0 aliphatic heterocycles. The minimum atomic E-state index is -0.367. The molecule has 0 unspecified atom stereocenters. The third kappa shape index (κ3) is 4.70. The van der Waals surface area contributed by atoms with Crippen LogP contribution in [0.3, 0.4) is 0 Å². The van der Waals surface area contributed by atoms with E-state index in [0.717, 1.165) is 12.0 Å². The Morgan fingerprint density at radius 1 is 1.19 bits per heavy atom. The number of nitrogens with one attached hydrogen (secondary N) is 2. The van der Waals surface area contributed by atoms with Crippen LogP contribution in [-0.2, 0) is 6.42 Å². The molecule has 0 spiro atoms. The van der Waals surface area contributed by atoms with Gasteiger partial charge in [0.1, 0.15) is 5.76 Å². The first-order valence-corrected chi connectivity index (χ1v) is 10.8. The highest BCUT2D eigenvalue weighted by atomic mass is 79.9. The summed E-state index contributed by atoms with van der Waals surface area (Å²) in [5.41, 5.74) is 5.69. The number of anilines is 1. The van der Waals surface area contributed by atoms with Crippen molar-refractivity contribution in [1.82, 2.24) is 10.4 Å². The van der Waals surface area contributed by atoms with Crippen LogP contribution in [0.5, 0.6) is 0 Å². The molecule has 2 aromatic heterocycles. The number of furan rings is 1. The van der Waals surface area contributed by atoms with Gasteiger partial charge in [-0.3, -0.25) is 14.6 Å². The van der Waals surface area contributed by atoms with Gasteiger partial charge in [-0.25, -0.2) is 5.43 Å². The van der Waals surface area contributed by atoms with Crippen molar-refractivity contribution in [2.75, 3.05) is 5.32 Å². The van der Waals surface area contributed by atoms with Crippen molar-refractivity contribution in [3.63, 3.8) is 0 Å². The van der Waals surface area contributed by atoms with Crippen molar-refractivity contribution in [3.05, 3.63) is 80.4 Å². The first-order chi connectivity index (χ1) is 14.9. The van der Waals surface area contributed by atoms with Gasteiger partial charge in [0.2, 0.25) is 0 Å². The summed E-state index contributed by atoms with van der Waals surface area (Å²) in [6.07, 6.45) is 5.24. The Morgan fingerprint density at radius 3 is 2.81 bits per heavy atom. The number of fused-ring (bicyclic) bond motifs is 1. The first-order valence-electron chi connectivity index (χ1n) is 9.59. The lowest BCUT2D eigenvalue weighted by molar-refractivity contribution is 0.0953. The summed E-state index contributed by atoms with van der Waals surface area (Å²) >= 11 is 9.29. The Balaban J connectivity index is 1.57. The van der Waals surface area contributed by atoms with Gasteiger partial charge in [0.15, 0.2) is 5.76 Å². The lowest BCUT2D eigenvalue weighted by atomic mass is 9.93. The quantitative estimate of drug-likeness (QED) is 0.485. The van der Waals surface area contributed by atoms with Crippen LogP contribution in [-0.4, -0.2) is 22.5 Å². The number of aryl methyl sites for hydroxylation is 1. The molecule has 9 heteroatoms. The van der Waals surface area contributed by atoms with E-state index in [1.54, 1.807) is 36.5 Å². The summed E-state index contributed by atoms with van der Waals surface area (Å²) in [5.74, 6) is 0.186. The highest BCUT2D eigenvalue weighted by molar-refractivity contribution is 9.10. The van der Waals surface area contributed by atoms with Crippen LogP contribution >= 0.6 is 27.5 Å². The Hall–Kier alpha value is -2.97. The summed E-state index contributed by atoms with van der Waals surface area (Å²) in [4.78, 5) is 29.2. The van der Waals surface area contributed by atoms with Crippen LogP contribution in [0.2, 0.25) is 5.02 Å². The minimum absolute atomic E-state index is 0.224. The number of rotatable bonds is 4. The molecule has 0 saturated heterocycles. The first kappa shape index (κ1) is 21.3. The second-order valence-corrected chi connectivity index (χ2v) is 8.42. The number of amides is 2. The van der Waals surface area contributed by atoms with Gasteiger partial charge < -0.3 is 9.73 Å². The predicted molar refractivity (Wildman–Crippen MR) is 122 cm³/mol. The van der Waals surface area contributed by atoms with Crippen LogP contribution < -0.4 is 10.7 Å². The molecule has 2 N–H and O–H groups in total. The van der Waals surface area contributed by atoms with Crippen molar-refractivity contribution < 1.29 is 14.0 Å². The van der Waals surface area contributed by atoms with E-state index in [1.165, 1.54) is 6.20 Å². The van der Waals surface area contributed by atoms with Gasteiger partial charge in [-0.05, 0) is 60.0 Å². The molecular weight excluding hydrogens is 484 g/mol. The normalized spacial score (nSPS) is 14.2. The average molecular weight is 502 g/mol. The van der Waals surface area contributed by atoms with Crippen molar-refractivity contribution in [2.45, 2.75) is 26.2 Å². The molecule has 0 fully saturated rings. The van der Waals surface area contributed by atoms with Gasteiger partial charge in [0, 0.05) is 45.1 Å². The van der Waals surface area contributed by atoms with Crippen LogP contribution in [0.4, 0.5) is 5.69 Å². The third-order valence-corrected chi connectivity index (χ3v) is 5.54. The molecule has 0 radical (unpaired) electrons. The molecule has 3 aromatic rings. The fourth-order valence-electron chi connectivity index (χ4n) is 3.47. The second kappa shape index (κ2) is 9.03. The Bertz CT molecular complexity index is 1210. The van der Waals surface area contributed by atoms with Gasteiger partial charge in [0.25, 0.3) is 11.8 Å². The number of hydrogen-bond acceptors (Lipinski definition) is 5. The fourth-order valence-corrected chi connectivity index (χ4v) is 4.02. The van der Waals surface area contributed by atoms with E-state index in [9.17, 15) is 9.59 Å². The standard InChI is InChI=1S/C22H18BrClN4O3/c1-12-19-17(27-28-21(29)13-8-14(23)11-25-10-13)6-3-7-18(19)31-20(12)22(30)26-16-5-2-4-15(24)9-16/h2,4-5,8-11H,3,6-7H2,1H3,(H,26,30)(H,28,29)/b27-17+. The molecule has 7 nitrogen and oxygen atoms in total. The maximum atomic E-state index is 12.8. The molecule has 1 aromatic carbocycles. The smallest absolute Gasteiger partial charge is 0.291 e. The number of nitrogens with zero attached hydrogens (tertiary/aromatic N) is 2. The zero-order valence-electron chi connectivity index (χ0n) is 16.5. The topological polar surface area (TPSA) is 96.6 Å². The van der Waals surface area contributed by atoms with Crippen molar-refractivity contribution in [1.29, 1.82) is 0 Å². The van der Waals surface area contributed by atoms with E-state index in [4.69, 9.17) is 16.0 Å². The minimum Gasteiger partial charge on any atom is -0.455 e. The molecule has 2 heterocycles. The van der Waals surface area contributed by atoms with E-state index in [0.29, 0.717) is 50.6 Å². The number of hydrazone groups is 1. The van der Waals surface area contributed by atoms with E-state index >= 15 is 0 Å². The van der Waals surface area contributed by atoms with Gasteiger partial charge in [-0.15, -0.1) is 0 Å². The van der Waals surface area contributed by atoms with E-state index in [2.05, 4.69) is 36.8 Å². The molecule has 158 valence electrons. The van der Waals surface area contributed by atoms with Crippen LogP contribution in [0.25, 0.3) is 0 Å². The summed E-state index contributed by atoms with van der Waals surface area (Å²) in [6, 6.07) is 8.57. The second-order valence-electron chi connectivity index (χ2n) is 7.06. The third-order valence-electron chi connectivity index (χ3n) is 4.87. The molecule has 2 amide bonds. The fraction of sp³-hybridized carbons (Fsp3) is 0.182. The zero-order chi connectivity index (χ0) is 22.0. The summed E-state index contributed by atoms with van der Waals surface area (Å²) in [6.45, 7) is 1.82. The molecule has 0 atom stereocenters. The SMILES string of the molecule is Cc1c(C(=O)Nc2cccc(Cl)c2)oc2c1/C(=N/NC(=O)c1cncc(Br)c1)CCC2. The number of aromatic nitrogens is 1. The monoisotopic (exact) mass is 500 g/mol. The average Bonchev–Trinajstić information content (AvgIpc) is 3.09. The molecule has 0 saturated carbocycles. The number of pyridine rings is 1. The molecule has 1 aliphatic rings.